The maximum Gasteiger partial charge on any atom is 0.331 e. The number of hydrogen-bond acceptors (Lipinski definition) is 3. The number of carbonyl (C=O) groups excluding carboxylic acids is 1. The van der Waals surface area contributed by atoms with E-state index in [-0.39, 0.29) is 23.1 Å². The number of nitrogens with one attached hydrogen (secondary N) is 1. The van der Waals surface area contributed by atoms with E-state index in [1.807, 2.05) is 38.1 Å². The van der Waals surface area contributed by atoms with Crippen molar-refractivity contribution in [2.45, 2.75) is 33.7 Å². The van der Waals surface area contributed by atoms with E-state index in [0.717, 1.165) is 11.3 Å². The minimum atomic E-state index is -1.09. The normalized spacial score (nSPS) is 13.1. The van der Waals surface area contributed by atoms with Crippen LogP contribution >= 0.6 is 0 Å². The van der Waals surface area contributed by atoms with Gasteiger partial charge in [-0.1, -0.05) is 12.1 Å². The number of hydrogen-bond donors (Lipinski definition) is 2. The second-order valence-corrected chi connectivity index (χ2v) is 4.75. The van der Waals surface area contributed by atoms with Crippen LogP contribution in [0.15, 0.2) is 35.4 Å². The quantitative estimate of drug-likeness (QED) is 0.790. The molecule has 1 atom stereocenters. The lowest BCUT2D eigenvalue weighted by Gasteiger charge is -2.15. The van der Waals surface area contributed by atoms with Crippen molar-refractivity contribution in [2.24, 2.45) is 0 Å². The van der Waals surface area contributed by atoms with Gasteiger partial charge in [0, 0.05) is 11.1 Å². The van der Waals surface area contributed by atoms with Crippen LogP contribution in [0.2, 0.25) is 0 Å². The molecule has 1 aromatic rings. The highest BCUT2D eigenvalue weighted by molar-refractivity contribution is 6.01. The molecular formula is C16H21NO4. The first kappa shape index (κ1) is 16.8. The molecule has 2 N–H and O–H groups in total. The summed E-state index contributed by atoms with van der Waals surface area (Å²) in [6, 6.07) is 7.21. The Morgan fingerprint density at radius 2 is 1.76 bits per heavy atom. The molecule has 0 aliphatic rings. The summed E-state index contributed by atoms with van der Waals surface area (Å²) in [7, 11) is 0. The first-order valence-corrected chi connectivity index (χ1v) is 6.81. The Morgan fingerprint density at radius 1 is 1.19 bits per heavy atom. The molecule has 1 amide bonds. The van der Waals surface area contributed by atoms with Crippen molar-refractivity contribution in [1.29, 1.82) is 0 Å². The number of carboxylic acids is 1. The molecule has 1 unspecified atom stereocenters. The van der Waals surface area contributed by atoms with Crippen molar-refractivity contribution >= 4 is 11.9 Å². The fourth-order valence-electron chi connectivity index (χ4n) is 1.74. The number of benzene rings is 1. The van der Waals surface area contributed by atoms with E-state index in [4.69, 9.17) is 9.84 Å². The number of rotatable bonds is 6. The van der Waals surface area contributed by atoms with E-state index < -0.39 is 5.97 Å². The highest BCUT2D eigenvalue weighted by Crippen LogP contribution is 2.18. The second kappa shape index (κ2) is 7.47. The Balaban J connectivity index is 2.76. The summed E-state index contributed by atoms with van der Waals surface area (Å²) in [6.07, 6.45) is 0. The molecule has 5 nitrogen and oxygen atoms in total. The summed E-state index contributed by atoms with van der Waals surface area (Å²) in [5, 5.41) is 11.7. The molecule has 0 saturated carbocycles. The number of aliphatic carboxylic acids is 1. The standard InChI is InChI=1S/C16H21NO4/c1-5-21-14-8-6-13(7-9-14)12(4)17-15(18)10(2)11(3)16(19)20/h6-9,12H,5H2,1-4H3,(H,17,18)(H,19,20). The van der Waals surface area contributed by atoms with Gasteiger partial charge in [0.1, 0.15) is 5.75 Å². The average Bonchev–Trinajstić information content (AvgIpc) is 2.46. The lowest BCUT2D eigenvalue weighted by atomic mass is 10.1. The molecule has 0 heterocycles. The van der Waals surface area contributed by atoms with Gasteiger partial charge in [-0.25, -0.2) is 4.79 Å². The van der Waals surface area contributed by atoms with Crippen LogP contribution in [0.4, 0.5) is 0 Å². The molecule has 5 heteroatoms. The molecule has 0 spiro atoms. The van der Waals surface area contributed by atoms with Crippen molar-refractivity contribution < 1.29 is 19.4 Å². The topological polar surface area (TPSA) is 75.6 Å². The Kier molecular flexibility index (Phi) is 5.96. The van der Waals surface area contributed by atoms with Crippen molar-refractivity contribution in [3.05, 3.63) is 41.0 Å². The molecule has 0 fully saturated rings. The van der Waals surface area contributed by atoms with Gasteiger partial charge in [-0.2, -0.15) is 0 Å². The Morgan fingerprint density at radius 3 is 2.24 bits per heavy atom. The fourth-order valence-corrected chi connectivity index (χ4v) is 1.74. The summed E-state index contributed by atoms with van der Waals surface area (Å²) in [6.45, 7) is 7.28. The molecule has 0 aliphatic heterocycles. The molecular weight excluding hydrogens is 270 g/mol. The number of amides is 1. The summed E-state index contributed by atoms with van der Waals surface area (Å²) < 4.78 is 5.36. The molecule has 1 rings (SSSR count). The highest BCUT2D eigenvalue weighted by Gasteiger charge is 2.15. The third-order valence-electron chi connectivity index (χ3n) is 3.26. The van der Waals surface area contributed by atoms with Crippen LogP contribution in [0.5, 0.6) is 5.75 Å². The van der Waals surface area contributed by atoms with Gasteiger partial charge in [0.25, 0.3) is 0 Å². The minimum absolute atomic E-state index is 0.0476. The summed E-state index contributed by atoms with van der Waals surface area (Å²) in [5.41, 5.74) is 1.18. The van der Waals surface area contributed by atoms with Gasteiger partial charge < -0.3 is 15.2 Å². The van der Waals surface area contributed by atoms with Crippen molar-refractivity contribution in [2.75, 3.05) is 6.61 Å². The van der Waals surface area contributed by atoms with Crippen LogP contribution in [-0.4, -0.2) is 23.6 Å². The van der Waals surface area contributed by atoms with Gasteiger partial charge in [0.15, 0.2) is 0 Å². The van der Waals surface area contributed by atoms with Crippen molar-refractivity contribution in [3.8, 4) is 5.75 Å². The number of carboxylic acid groups (broad SMARTS) is 1. The first-order chi connectivity index (χ1) is 9.86. The maximum absolute atomic E-state index is 12.0. The van der Waals surface area contributed by atoms with Gasteiger partial charge in [0.2, 0.25) is 5.91 Å². The maximum atomic E-state index is 12.0. The van der Waals surface area contributed by atoms with E-state index in [1.165, 1.54) is 13.8 Å². The lowest BCUT2D eigenvalue weighted by Crippen LogP contribution is -2.28. The monoisotopic (exact) mass is 291 g/mol. The van der Waals surface area contributed by atoms with Crippen LogP contribution in [0.3, 0.4) is 0 Å². The first-order valence-electron chi connectivity index (χ1n) is 6.81. The minimum Gasteiger partial charge on any atom is -0.494 e. The van der Waals surface area contributed by atoms with Gasteiger partial charge in [-0.15, -0.1) is 0 Å². The van der Waals surface area contributed by atoms with Crippen LogP contribution in [0.1, 0.15) is 39.3 Å². The van der Waals surface area contributed by atoms with Crippen LogP contribution < -0.4 is 10.1 Å². The summed E-state index contributed by atoms with van der Waals surface area (Å²) in [5.74, 6) is -0.690. The average molecular weight is 291 g/mol. The van der Waals surface area contributed by atoms with Gasteiger partial charge in [-0.05, 0) is 45.4 Å². The van der Waals surface area contributed by atoms with Gasteiger partial charge >= 0.3 is 5.97 Å². The van der Waals surface area contributed by atoms with Crippen LogP contribution in [-0.2, 0) is 9.59 Å². The second-order valence-electron chi connectivity index (χ2n) is 4.75. The van der Waals surface area contributed by atoms with E-state index >= 15 is 0 Å². The third-order valence-corrected chi connectivity index (χ3v) is 3.26. The predicted octanol–water partition coefficient (Wildman–Crippen LogP) is 2.68. The molecule has 0 radical (unpaired) electrons. The highest BCUT2D eigenvalue weighted by atomic mass is 16.5. The zero-order chi connectivity index (χ0) is 16.0. The number of ether oxygens (including phenoxy) is 1. The smallest absolute Gasteiger partial charge is 0.331 e. The van der Waals surface area contributed by atoms with Crippen molar-refractivity contribution in [1.82, 2.24) is 5.32 Å². The Labute approximate surface area is 124 Å². The van der Waals surface area contributed by atoms with E-state index in [9.17, 15) is 9.59 Å². The molecule has 0 aromatic heterocycles. The molecule has 0 aliphatic carbocycles. The van der Waals surface area contributed by atoms with Crippen LogP contribution in [0, 0.1) is 0 Å². The SMILES string of the molecule is CCOc1ccc(C(C)NC(=O)C(C)=C(C)C(=O)O)cc1. The Bertz CT molecular complexity index is 546. The Hall–Kier alpha value is -2.30. The van der Waals surface area contributed by atoms with Gasteiger partial charge in [0.05, 0.1) is 12.6 Å². The zero-order valence-electron chi connectivity index (χ0n) is 12.8. The van der Waals surface area contributed by atoms with Crippen molar-refractivity contribution in [3.63, 3.8) is 0 Å². The summed E-state index contributed by atoms with van der Waals surface area (Å²) in [4.78, 5) is 22.8. The lowest BCUT2D eigenvalue weighted by molar-refractivity contribution is -0.133. The van der Waals surface area contributed by atoms with E-state index in [2.05, 4.69) is 5.32 Å². The molecule has 0 bridgehead atoms. The molecule has 114 valence electrons. The molecule has 1 aromatic carbocycles. The fraction of sp³-hybridized carbons (Fsp3) is 0.375. The molecule has 21 heavy (non-hydrogen) atoms. The van der Waals surface area contributed by atoms with Crippen LogP contribution in [0.25, 0.3) is 0 Å². The third kappa shape index (κ3) is 4.63. The summed E-state index contributed by atoms with van der Waals surface area (Å²) >= 11 is 0. The largest absolute Gasteiger partial charge is 0.494 e. The van der Waals surface area contributed by atoms with Gasteiger partial charge in [-0.3, -0.25) is 4.79 Å². The van der Waals surface area contributed by atoms with E-state index in [1.54, 1.807) is 0 Å². The van der Waals surface area contributed by atoms with E-state index in [0.29, 0.717) is 6.61 Å². The molecule has 0 saturated heterocycles. The zero-order valence-corrected chi connectivity index (χ0v) is 12.8. The predicted molar refractivity (Wildman–Crippen MR) is 80.2 cm³/mol. The number of carbonyl (C=O) groups is 2.